The minimum Gasteiger partial charge on any atom is -0.497 e. The normalized spacial score (nSPS) is 20.4. The van der Waals surface area contributed by atoms with Crippen molar-refractivity contribution in [1.82, 2.24) is 4.90 Å². The van der Waals surface area contributed by atoms with Crippen molar-refractivity contribution in [3.8, 4) is 5.75 Å². The van der Waals surface area contributed by atoms with Crippen molar-refractivity contribution in [3.63, 3.8) is 0 Å². The molecular weight excluding hydrogens is 308 g/mol. The number of nitrogens with one attached hydrogen (secondary N) is 1. The van der Waals surface area contributed by atoms with E-state index in [4.69, 9.17) is 9.47 Å². The maximum Gasteiger partial charge on any atom is 0.321 e. The van der Waals surface area contributed by atoms with Crippen molar-refractivity contribution in [1.29, 1.82) is 0 Å². The third-order valence-corrected chi connectivity index (χ3v) is 4.68. The second-order valence-electron chi connectivity index (χ2n) is 6.11. The van der Waals surface area contributed by atoms with E-state index in [-0.39, 0.29) is 17.9 Å². The van der Waals surface area contributed by atoms with Gasteiger partial charge in [0.1, 0.15) is 5.75 Å². The topological polar surface area (TPSA) is 67.9 Å². The Kier molecular flexibility index (Phi) is 6.46. The largest absolute Gasteiger partial charge is 0.497 e. The number of amides is 2. The van der Waals surface area contributed by atoms with Gasteiger partial charge in [-0.05, 0) is 30.4 Å². The first-order valence-electron chi connectivity index (χ1n) is 8.34. The van der Waals surface area contributed by atoms with Crippen molar-refractivity contribution in [2.45, 2.75) is 26.2 Å². The Hall–Kier alpha value is -2.24. The van der Waals surface area contributed by atoms with Crippen LogP contribution in [0.15, 0.2) is 24.3 Å². The molecule has 1 saturated heterocycles. The highest BCUT2D eigenvalue weighted by Crippen LogP contribution is 2.29. The van der Waals surface area contributed by atoms with Gasteiger partial charge in [-0.25, -0.2) is 4.79 Å². The summed E-state index contributed by atoms with van der Waals surface area (Å²) in [5.41, 5.74) is 0.712. The van der Waals surface area contributed by atoms with Crippen molar-refractivity contribution in [2.24, 2.45) is 11.8 Å². The van der Waals surface area contributed by atoms with Gasteiger partial charge in [0.25, 0.3) is 0 Å². The number of esters is 1. The van der Waals surface area contributed by atoms with E-state index in [0.29, 0.717) is 36.9 Å². The average Bonchev–Trinajstić information content (AvgIpc) is 2.61. The zero-order valence-electron chi connectivity index (χ0n) is 14.6. The molecule has 1 aliphatic rings. The number of methoxy groups -OCH3 is 2. The van der Waals surface area contributed by atoms with Crippen LogP contribution >= 0.6 is 0 Å². The summed E-state index contributed by atoms with van der Waals surface area (Å²) < 4.78 is 9.95. The van der Waals surface area contributed by atoms with Gasteiger partial charge in [0.2, 0.25) is 0 Å². The van der Waals surface area contributed by atoms with E-state index in [1.807, 2.05) is 23.1 Å². The summed E-state index contributed by atoms with van der Waals surface area (Å²) in [7, 11) is 3.01. The molecular formula is C18H26N2O4. The van der Waals surface area contributed by atoms with Gasteiger partial charge in [0.15, 0.2) is 0 Å². The molecule has 2 amide bonds. The average molecular weight is 334 g/mol. The van der Waals surface area contributed by atoms with E-state index in [1.165, 1.54) is 7.11 Å². The monoisotopic (exact) mass is 334 g/mol. The quantitative estimate of drug-likeness (QED) is 0.840. The summed E-state index contributed by atoms with van der Waals surface area (Å²) in [5.74, 6) is 1.13. The van der Waals surface area contributed by atoms with E-state index >= 15 is 0 Å². The van der Waals surface area contributed by atoms with E-state index in [9.17, 15) is 9.59 Å². The number of nitrogens with zero attached hydrogens (tertiary/aromatic N) is 1. The lowest BCUT2D eigenvalue weighted by Crippen LogP contribution is -2.46. The first kappa shape index (κ1) is 18.1. The SMILES string of the molecule is CC[C@H]1CN(C(=O)Nc2cccc(OC)c2)CC[C@H]1CC(=O)OC. The lowest BCUT2D eigenvalue weighted by Gasteiger charge is -2.37. The van der Waals surface area contributed by atoms with Gasteiger partial charge in [0, 0.05) is 31.3 Å². The van der Waals surface area contributed by atoms with E-state index in [0.717, 1.165) is 12.8 Å². The molecule has 1 aromatic rings. The fourth-order valence-corrected chi connectivity index (χ4v) is 3.20. The molecule has 1 N–H and O–H groups in total. The minimum atomic E-state index is -0.173. The fraction of sp³-hybridized carbons (Fsp3) is 0.556. The molecule has 0 bridgehead atoms. The van der Waals surface area contributed by atoms with E-state index in [2.05, 4.69) is 12.2 Å². The molecule has 2 atom stereocenters. The van der Waals surface area contributed by atoms with Crippen molar-refractivity contribution < 1.29 is 19.1 Å². The molecule has 0 spiro atoms. The Morgan fingerprint density at radius 1 is 1.29 bits per heavy atom. The number of carbonyl (C=O) groups is 2. The Bertz CT molecular complexity index is 576. The molecule has 1 aliphatic heterocycles. The summed E-state index contributed by atoms with van der Waals surface area (Å²) >= 11 is 0. The number of benzene rings is 1. The minimum absolute atomic E-state index is 0.113. The molecule has 6 heteroatoms. The van der Waals surface area contributed by atoms with E-state index < -0.39 is 0 Å². The van der Waals surface area contributed by atoms with Gasteiger partial charge < -0.3 is 19.7 Å². The summed E-state index contributed by atoms with van der Waals surface area (Å²) in [5, 5.41) is 2.91. The van der Waals surface area contributed by atoms with Crippen molar-refractivity contribution in [3.05, 3.63) is 24.3 Å². The Labute approximate surface area is 143 Å². The van der Waals surface area contributed by atoms with Crippen LogP contribution in [-0.4, -0.2) is 44.2 Å². The Morgan fingerprint density at radius 3 is 2.75 bits per heavy atom. The van der Waals surface area contributed by atoms with Crippen LogP contribution in [-0.2, 0) is 9.53 Å². The summed E-state index contributed by atoms with van der Waals surface area (Å²) in [4.78, 5) is 25.8. The Balaban J connectivity index is 1.95. The second kappa shape index (κ2) is 8.57. The van der Waals surface area contributed by atoms with Gasteiger partial charge in [-0.2, -0.15) is 0 Å². The number of rotatable bonds is 5. The molecule has 6 nitrogen and oxygen atoms in total. The number of carbonyl (C=O) groups excluding carboxylic acids is 2. The molecule has 0 saturated carbocycles. The molecule has 1 fully saturated rings. The Morgan fingerprint density at radius 2 is 2.08 bits per heavy atom. The van der Waals surface area contributed by atoms with Crippen molar-refractivity contribution >= 4 is 17.7 Å². The van der Waals surface area contributed by atoms with Crippen LogP contribution in [0.5, 0.6) is 5.75 Å². The van der Waals surface area contributed by atoms with Crippen LogP contribution < -0.4 is 10.1 Å². The maximum absolute atomic E-state index is 12.5. The van der Waals surface area contributed by atoms with Crippen LogP contribution in [0.25, 0.3) is 0 Å². The van der Waals surface area contributed by atoms with Gasteiger partial charge in [-0.3, -0.25) is 4.79 Å². The summed E-state index contributed by atoms with van der Waals surface area (Å²) in [6.45, 7) is 3.40. The first-order chi connectivity index (χ1) is 11.6. The molecule has 24 heavy (non-hydrogen) atoms. The van der Waals surface area contributed by atoms with Gasteiger partial charge in [0.05, 0.1) is 14.2 Å². The third-order valence-electron chi connectivity index (χ3n) is 4.68. The number of piperidine rings is 1. The van der Waals surface area contributed by atoms with Gasteiger partial charge in [-0.1, -0.05) is 19.4 Å². The molecule has 132 valence electrons. The highest BCUT2D eigenvalue weighted by molar-refractivity contribution is 5.89. The number of likely N-dealkylation sites (tertiary alicyclic amines) is 1. The van der Waals surface area contributed by atoms with Crippen LogP contribution in [0, 0.1) is 11.8 Å². The standard InChI is InChI=1S/C18H26N2O4/c1-4-13-12-20(9-8-14(13)10-17(21)24-3)18(22)19-15-6-5-7-16(11-15)23-2/h5-7,11,13-14H,4,8-10,12H2,1-3H3,(H,19,22)/t13-,14-/m0/s1. The van der Waals surface area contributed by atoms with Crippen LogP contribution in [0.3, 0.4) is 0 Å². The molecule has 0 aromatic heterocycles. The summed E-state index contributed by atoms with van der Waals surface area (Å²) in [6.07, 6.45) is 2.18. The molecule has 0 unspecified atom stereocenters. The number of anilines is 1. The lowest BCUT2D eigenvalue weighted by molar-refractivity contribution is -0.142. The van der Waals surface area contributed by atoms with Crippen LogP contribution in [0.4, 0.5) is 10.5 Å². The second-order valence-corrected chi connectivity index (χ2v) is 6.11. The zero-order valence-corrected chi connectivity index (χ0v) is 14.6. The zero-order chi connectivity index (χ0) is 17.5. The predicted molar refractivity (Wildman–Crippen MR) is 92.1 cm³/mol. The maximum atomic E-state index is 12.5. The molecule has 0 radical (unpaired) electrons. The van der Waals surface area contributed by atoms with Crippen LogP contribution in [0.1, 0.15) is 26.2 Å². The summed E-state index contributed by atoms with van der Waals surface area (Å²) in [6, 6.07) is 7.19. The smallest absolute Gasteiger partial charge is 0.321 e. The highest BCUT2D eigenvalue weighted by Gasteiger charge is 2.32. The molecule has 1 aromatic carbocycles. The number of hydrogen-bond acceptors (Lipinski definition) is 4. The van der Waals surface area contributed by atoms with E-state index in [1.54, 1.807) is 13.2 Å². The third kappa shape index (κ3) is 4.63. The number of ether oxygens (including phenoxy) is 2. The fourth-order valence-electron chi connectivity index (χ4n) is 3.20. The van der Waals surface area contributed by atoms with Gasteiger partial charge >= 0.3 is 12.0 Å². The van der Waals surface area contributed by atoms with Crippen LogP contribution in [0.2, 0.25) is 0 Å². The highest BCUT2D eigenvalue weighted by atomic mass is 16.5. The lowest BCUT2D eigenvalue weighted by atomic mass is 9.81. The molecule has 2 rings (SSSR count). The molecule has 1 heterocycles. The first-order valence-corrected chi connectivity index (χ1v) is 8.34. The number of urea groups is 1. The molecule has 0 aliphatic carbocycles. The number of hydrogen-bond donors (Lipinski definition) is 1. The predicted octanol–water partition coefficient (Wildman–Crippen LogP) is 3.14. The van der Waals surface area contributed by atoms with Crippen molar-refractivity contribution in [2.75, 3.05) is 32.6 Å². The van der Waals surface area contributed by atoms with Gasteiger partial charge in [-0.15, -0.1) is 0 Å².